The Balaban J connectivity index is 2.51. The summed E-state index contributed by atoms with van der Waals surface area (Å²) in [4.78, 5) is 2.63. The highest BCUT2D eigenvalue weighted by atomic mass is 35.5. The molecule has 2 aromatic rings. The van der Waals surface area contributed by atoms with Crippen molar-refractivity contribution in [3.05, 3.63) is 33.0 Å². The lowest BCUT2D eigenvalue weighted by Gasteiger charge is -1.91. The molecule has 2 aromatic heterocycles. The van der Waals surface area contributed by atoms with Gasteiger partial charge in [-0.05, 0) is 42.5 Å². The number of hydrogen-bond donors (Lipinski definition) is 0. The average molecular weight is 229 g/mol. The van der Waals surface area contributed by atoms with E-state index in [0.29, 0.717) is 0 Å². The van der Waals surface area contributed by atoms with Gasteiger partial charge >= 0.3 is 0 Å². The van der Waals surface area contributed by atoms with Crippen LogP contribution in [0.3, 0.4) is 0 Å². The maximum atomic E-state index is 5.95. The molecule has 0 aliphatic carbocycles. The summed E-state index contributed by atoms with van der Waals surface area (Å²) in [6.45, 7) is 4.22. The van der Waals surface area contributed by atoms with Crippen molar-refractivity contribution in [1.29, 1.82) is 0 Å². The molecule has 2 heterocycles. The number of hydrogen-bond acceptors (Lipinski definition) is 2. The minimum atomic E-state index is 0.874. The smallest absolute Gasteiger partial charge is 0.0937 e. The Hall–Kier alpha value is -0.310. The van der Waals surface area contributed by atoms with Crippen molar-refractivity contribution < 1.29 is 0 Å². The van der Waals surface area contributed by atoms with Crippen LogP contribution in [0.25, 0.3) is 9.75 Å². The Kier molecular flexibility index (Phi) is 2.45. The summed E-state index contributed by atoms with van der Waals surface area (Å²) in [5.41, 5.74) is 2.60. The van der Waals surface area contributed by atoms with Crippen LogP contribution in [-0.2, 0) is 0 Å². The van der Waals surface area contributed by atoms with Gasteiger partial charge in [0.05, 0.1) is 4.34 Å². The molecule has 0 radical (unpaired) electrons. The molecule has 68 valence electrons. The zero-order chi connectivity index (χ0) is 9.42. The number of thiophene rings is 2. The summed E-state index contributed by atoms with van der Waals surface area (Å²) < 4.78 is 0.874. The molecule has 0 saturated carbocycles. The average Bonchev–Trinajstić information content (AvgIpc) is 2.58. The monoisotopic (exact) mass is 228 g/mol. The predicted octanol–water partition coefficient (Wildman–Crippen LogP) is 4.75. The third-order valence-electron chi connectivity index (χ3n) is 1.84. The molecule has 13 heavy (non-hydrogen) atoms. The summed E-state index contributed by atoms with van der Waals surface area (Å²) in [7, 11) is 0. The van der Waals surface area contributed by atoms with E-state index in [2.05, 4.69) is 25.3 Å². The molecule has 0 nitrogen and oxygen atoms in total. The molecule has 0 N–H and O–H groups in total. The van der Waals surface area contributed by atoms with Gasteiger partial charge in [-0.2, -0.15) is 0 Å². The van der Waals surface area contributed by atoms with E-state index in [-0.39, 0.29) is 0 Å². The van der Waals surface area contributed by atoms with Gasteiger partial charge in [-0.1, -0.05) is 11.6 Å². The van der Waals surface area contributed by atoms with Crippen molar-refractivity contribution in [2.24, 2.45) is 0 Å². The van der Waals surface area contributed by atoms with Crippen LogP contribution < -0.4 is 0 Å². The van der Waals surface area contributed by atoms with Crippen molar-refractivity contribution in [1.82, 2.24) is 0 Å². The maximum absolute atomic E-state index is 5.95. The first kappa shape index (κ1) is 9.25. The first-order valence-electron chi connectivity index (χ1n) is 3.98. The molecule has 0 saturated heterocycles. The second-order valence-electron chi connectivity index (χ2n) is 3.05. The van der Waals surface area contributed by atoms with Crippen molar-refractivity contribution in [2.75, 3.05) is 0 Å². The lowest BCUT2D eigenvalue weighted by molar-refractivity contribution is 1.53. The largest absolute Gasteiger partial charge is 0.143 e. The van der Waals surface area contributed by atoms with Gasteiger partial charge < -0.3 is 0 Å². The Bertz CT molecular complexity index is 426. The first-order chi connectivity index (χ1) is 6.16. The molecule has 3 heteroatoms. The molecule has 2 rings (SSSR count). The van der Waals surface area contributed by atoms with E-state index in [9.17, 15) is 0 Å². The second kappa shape index (κ2) is 3.45. The molecule has 0 fully saturated rings. The highest BCUT2D eigenvalue weighted by Gasteiger charge is 2.07. The van der Waals surface area contributed by atoms with Gasteiger partial charge in [-0.15, -0.1) is 22.7 Å². The van der Waals surface area contributed by atoms with E-state index in [1.165, 1.54) is 20.9 Å². The highest BCUT2D eigenvalue weighted by molar-refractivity contribution is 7.23. The third-order valence-corrected chi connectivity index (χ3v) is 4.44. The summed E-state index contributed by atoms with van der Waals surface area (Å²) >= 11 is 9.38. The molecule has 0 unspecified atom stereocenters. The van der Waals surface area contributed by atoms with Gasteiger partial charge in [0.15, 0.2) is 0 Å². The van der Waals surface area contributed by atoms with Crippen LogP contribution >= 0.6 is 34.3 Å². The summed E-state index contributed by atoms with van der Waals surface area (Å²) in [5, 5.41) is 2.17. The molecular weight excluding hydrogens is 220 g/mol. The van der Waals surface area contributed by atoms with E-state index in [0.717, 1.165) is 4.34 Å². The first-order valence-corrected chi connectivity index (χ1v) is 6.05. The van der Waals surface area contributed by atoms with Crippen LogP contribution in [0.1, 0.15) is 11.1 Å². The normalized spacial score (nSPS) is 10.7. The molecule has 0 aliphatic rings. The third kappa shape index (κ3) is 1.80. The van der Waals surface area contributed by atoms with Gasteiger partial charge in [0.1, 0.15) is 0 Å². The van der Waals surface area contributed by atoms with Gasteiger partial charge in [0.2, 0.25) is 0 Å². The van der Waals surface area contributed by atoms with Crippen LogP contribution in [0, 0.1) is 13.8 Å². The van der Waals surface area contributed by atoms with Crippen molar-refractivity contribution >= 4 is 34.3 Å². The topological polar surface area (TPSA) is 0 Å². The maximum Gasteiger partial charge on any atom is 0.0937 e. The van der Waals surface area contributed by atoms with E-state index >= 15 is 0 Å². The van der Waals surface area contributed by atoms with Crippen molar-refractivity contribution in [3.63, 3.8) is 0 Å². The zero-order valence-electron chi connectivity index (χ0n) is 7.43. The molecule has 0 bridgehead atoms. The van der Waals surface area contributed by atoms with E-state index in [4.69, 9.17) is 11.6 Å². The van der Waals surface area contributed by atoms with Crippen LogP contribution in [0.5, 0.6) is 0 Å². The zero-order valence-corrected chi connectivity index (χ0v) is 9.82. The van der Waals surface area contributed by atoms with Crippen LogP contribution in [-0.4, -0.2) is 0 Å². The van der Waals surface area contributed by atoms with E-state index in [1.54, 1.807) is 22.7 Å². The van der Waals surface area contributed by atoms with Crippen LogP contribution in [0.2, 0.25) is 4.34 Å². The Morgan fingerprint density at radius 3 is 2.46 bits per heavy atom. The molecule has 0 atom stereocenters. The Morgan fingerprint density at radius 1 is 1.23 bits per heavy atom. The molecular formula is C10H9ClS2. The fourth-order valence-corrected chi connectivity index (χ4v) is 3.62. The lowest BCUT2D eigenvalue weighted by atomic mass is 10.2. The Labute approximate surface area is 90.8 Å². The van der Waals surface area contributed by atoms with E-state index < -0.39 is 0 Å². The summed E-state index contributed by atoms with van der Waals surface area (Å²) in [6, 6.07) is 4.23. The fraction of sp³-hybridized carbons (Fsp3) is 0.200. The molecule has 0 aromatic carbocycles. The lowest BCUT2D eigenvalue weighted by Crippen LogP contribution is -1.67. The van der Waals surface area contributed by atoms with Crippen LogP contribution in [0.4, 0.5) is 0 Å². The van der Waals surface area contributed by atoms with Gasteiger partial charge in [-0.25, -0.2) is 0 Å². The van der Waals surface area contributed by atoms with E-state index in [1.807, 2.05) is 6.07 Å². The van der Waals surface area contributed by atoms with Crippen molar-refractivity contribution in [2.45, 2.75) is 13.8 Å². The minimum absolute atomic E-state index is 0.874. The predicted molar refractivity (Wildman–Crippen MR) is 62.1 cm³/mol. The highest BCUT2D eigenvalue weighted by Crippen LogP contribution is 2.37. The second-order valence-corrected chi connectivity index (χ2v) is 5.65. The quantitative estimate of drug-likeness (QED) is 0.661. The molecule has 0 aliphatic heterocycles. The van der Waals surface area contributed by atoms with Gasteiger partial charge in [0, 0.05) is 9.75 Å². The SMILES string of the molecule is Cc1csc(-c2sc(Cl)cc2C)c1. The van der Waals surface area contributed by atoms with Gasteiger partial charge in [0.25, 0.3) is 0 Å². The number of rotatable bonds is 1. The number of halogens is 1. The minimum Gasteiger partial charge on any atom is -0.143 e. The van der Waals surface area contributed by atoms with Crippen molar-refractivity contribution in [3.8, 4) is 9.75 Å². The summed E-state index contributed by atoms with van der Waals surface area (Å²) in [5.74, 6) is 0. The standard InChI is InChI=1S/C10H9ClS2/c1-6-3-8(12-5-6)10-7(2)4-9(11)13-10/h3-5H,1-2H3. The molecule has 0 amide bonds. The number of aryl methyl sites for hydroxylation is 2. The van der Waals surface area contributed by atoms with Gasteiger partial charge in [-0.3, -0.25) is 0 Å². The molecule has 0 spiro atoms. The Morgan fingerprint density at radius 2 is 2.00 bits per heavy atom. The van der Waals surface area contributed by atoms with Crippen LogP contribution in [0.15, 0.2) is 17.5 Å². The summed E-state index contributed by atoms with van der Waals surface area (Å²) in [6.07, 6.45) is 0. The fourth-order valence-electron chi connectivity index (χ4n) is 1.24.